The van der Waals surface area contributed by atoms with Crippen molar-refractivity contribution in [3.05, 3.63) is 53.6 Å². The van der Waals surface area contributed by atoms with E-state index in [0.717, 1.165) is 24.0 Å². The maximum absolute atomic E-state index is 12.8. The van der Waals surface area contributed by atoms with E-state index >= 15 is 0 Å². The molecule has 0 unspecified atom stereocenters. The molecule has 2 aromatic carbocycles. The van der Waals surface area contributed by atoms with Crippen LogP contribution in [0.1, 0.15) is 19.3 Å². The van der Waals surface area contributed by atoms with Crippen LogP contribution in [0.25, 0.3) is 11.1 Å². The minimum atomic E-state index is -3.04. The molecule has 2 fully saturated rings. The molecule has 5 nitrogen and oxygen atoms in total. The number of rotatable bonds is 6. The van der Waals surface area contributed by atoms with Gasteiger partial charge in [-0.1, -0.05) is 48.0 Å². The molecule has 1 atom stereocenters. The smallest absolute Gasteiger partial charge is 0.261 e. The molecule has 0 aromatic heterocycles. The Morgan fingerprint density at radius 2 is 1.79 bits per heavy atom. The van der Waals surface area contributed by atoms with Gasteiger partial charge in [0.1, 0.15) is 5.75 Å². The van der Waals surface area contributed by atoms with Gasteiger partial charge in [-0.2, -0.15) is 0 Å². The Morgan fingerprint density at radius 1 is 1.04 bits per heavy atom. The molecule has 0 bridgehead atoms. The van der Waals surface area contributed by atoms with Crippen LogP contribution in [-0.4, -0.2) is 49.4 Å². The predicted octanol–water partition coefficient (Wildman–Crippen LogP) is 3.56. The topological polar surface area (TPSA) is 63.7 Å². The molecule has 2 aromatic rings. The van der Waals surface area contributed by atoms with Crippen molar-refractivity contribution in [3.63, 3.8) is 0 Å². The summed E-state index contributed by atoms with van der Waals surface area (Å²) >= 11 is 6.35. The van der Waals surface area contributed by atoms with Crippen molar-refractivity contribution < 1.29 is 17.9 Å². The van der Waals surface area contributed by atoms with Crippen LogP contribution in [0.3, 0.4) is 0 Å². The fourth-order valence-corrected chi connectivity index (χ4v) is 5.64. The number of amides is 1. The Hall–Kier alpha value is -2.05. The third-order valence-corrected chi connectivity index (χ3v) is 7.27. The van der Waals surface area contributed by atoms with E-state index in [1.54, 1.807) is 11.0 Å². The summed E-state index contributed by atoms with van der Waals surface area (Å²) in [4.78, 5) is 14.5. The predicted molar refractivity (Wildman–Crippen MR) is 109 cm³/mol. The standard InChI is InChI=1S/C21H22ClNO4S/c22-19-12-16(15-4-2-1-3-5-15)6-9-20(19)27-13-21(24)23(17-7-8-17)18-10-11-28(25,26)14-18/h1-6,9,12,17-18H,7-8,10-11,13-14H2/t18-/m1/s1. The molecule has 2 aliphatic rings. The molecule has 1 saturated carbocycles. The Morgan fingerprint density at radius 3 is 2.39 bits per heavy atom. The molecule has 1 heterocycles. The van der Waals surface area contributed by atoms with Crippen molar-refractivity contribution in [2.24, 2.45) is 0 Å². The van der Waals surface area contributed by atoms with Crippen LogP contribution in [0, 0.1) is 0 Å². The lowest BCUT2D eigenvalue weighted by atomic mass is 10.1. The second kappa shape index (κ2) is 7.76. The molecule has 4 rings (SSSR count). The van der Waals surface area contributed by atoms with Gasteiger partial charge in [-0.25, -0.2) is 8.42 Å². The Labute approximate surface area is 170 Å². The molecule has 1 amide bonds. The fourth-order valence-electron chi connectivity index (χ4n) is 3.69. The van der Waals surface area contributed by atoms with E-state index in [4.69, 9.17) is 16.3 Å². The van der Waals surface area contributed by atoms with Crippen LogP contribution in [0.5, 0.6) is 5.75 Å². The van der Waals surface area contributed by atoms with Gasteiger partial charge in [0.05, 0.1) is 16.5 Å². The van der Waals surface area contributed by atoms with E-state index in [-0.39, 0.29) is 36.1 Å². The average molecular weight is 420 g/mol. The highest BCUT2D eigenvalue weighted by Gasteiger charge is 2.42. The highest BCUT2D eigenvalue weighted by Crippen LogP contribution is 2.33. The van der Waals surface area contributed by atoms with E-state index < -0.39 is 9.84 Å². The zero-order valence-corrected chi connectivity index (χ0v) is 17.0. The maximum Gasteiger partial charge on any atom is 0.261 e. The molecule has 0 N–H and O–H groups in total. The number of hydrogen-bond acceptors (Lipinski definition) is 4. The Bertz CT molecular complexity index is 973. The number of ether oxygens (including phenoxy) is 1. The van der Waals surface area contributed by atoms with Crippen molar-refractivity contribution >= 4 is 27.3 Å². The van der Waals surface area contributed by atoms with Crippen LogP contribution in [0.15, 0.2) is 48.5 Å². The van der Waals surface area contributed by atoms with Crippen molar-refractivity contribution in [1.82, 2.24) is 4.90 Å². The first kappa shape index (κ1) is 19.3. The summed E-state index contributed by atoms with van der Waals surface area (Å²) < 4.78 is 29.3. The molecule has 148 valence electrons. The molecule has 7 heteroatoms. The summed E-state index contributed by atoms with van der Waals surface area (Å²) in [6.45, 7) is -0.141. The number of carbonyl (C=O) groups excluding carboxylic acids is 1. The van der Waals surface area contributed by atoms with Crippen molar-refractivity contribution in [2.75, 3.05) is 18.1 Å². The van der Waals surface area contributed by atoms with Crippen LogP contribution < -0.4 is 4.74 Å². The summed E-state index contributed by atoms with van der Waals surface area (Å²) in [5.74, 6) is 0.487. The van der Waals surface area contributed by atoms with Crippen molar-refractivity contribution in [3.8, 4) is 16.9 Å². The van der Waals surface area contributed by atoms with Gasteiger partial charge in [0, 0.05) is 12.1 Å². The summed E-state index contributed by atoms with van der Waals surface area (Å²) in [5.41, 5.74) is 2.02. The summed E-state index contributed by atoms with van der Waals surface area (Å²) in [7, 11) is -3.04. The number of nitrogens with zero attached hydrogens (tertiary/aromatic N) is 1. The minimum absolute atomic E-state index is 0.0573. The molecular weight excluding hydrogens is 398 g/mol. The molecule has 0 spiro atoms. The zero-order chi connectivity index (χ0) is 19.7. The minimum Gasteiger partial charge on any atom is -0.482 e. The Balaban J connectivity index is 1.42. The average Bonchev–Trinajstić information content (AvgIpc) is 3.44. The SMILES string of the molecule is O=C(COc1ccc(-c2ccccc2)cc1Cl)N(C1CC1)[C@@H]1CCS(=O)(=O)C1. The lowest BCUT2D eigenvalue weighted by Crippen LogP contribution is -2.45. The first-order chi connectivity index (χ1) is 13.4. The van der Waals surface area contributed by atoms with Gasteiger partial charge in [-0.3, -0.25) is 4.79 Å². The first-order valence-electron chi connectivity index (χ1n) is 9.42. The molecule has 0 radical (unpaired) electrons. The van der Waals surface area contributed by atoms with E-state index in [0.29, 0.717) is 17.2 Å². The quantitative estimate of drug-likeness (QED) is 0.718. The Kier molecular flexibility index (Phi) is 5.34. The molecule has 1 aliphatic carbocycles. The molecular formula is C21H22ClNO4S. The van der Waals surface area contributed by atoms with Crippen LogP contribution in [-0.2, 0) is 14.6 Å². The fraction of sp³-hybridized carbons (Fsp3) is 0.381. The number of carbonyl (C=O) groups is 1. The normalized spacial score (nSPS) is 20.7. The number of halogens is 1. The van der Waals surface area contributed by atoms with E-state index in [1.807, 2.05) is 42.5 Å². The molecule has 1 saturated heterocycles. The van der Waals surface area contributed by atoms with Crippen LogP contribution in [0.4, 0.5) is 0 Å². The highest BCUT2D eigenvalue weighted by molar-refractivity contribution is 7.91. The number of hydrogen-bond donors (Lipinski definition) is 0. The van der Waals surface area contributed by atoms with Crippen molar-refractivity contribution in [1.29, 1.82) is 0 Å². The largest absolute Gasteiger partial charge is 0.482 e. The van der Waals surface area contributed by atoms with E-state index in [1.165, 1.54) is 0 Å². The lowest BCUT2D eigenvalue weighted by molar-refractivity contribution is -0.135. The monoisotopic (exact) mass is 419 g/mol. The van der Waals surface area contributed by atoms with Crippen LogP contribution in [0.2, 0.25) is 5.02 Å². The summed E-state index contributed by atoms with van der Waals surface area (Å²) in [5, 5.41) is 0.440. The van der Waals surface area contributed by atoms with Gasteiger partial charge in [0.15, 0.2) is 16.4 Å². The lowest BCUT2D eigenvalue weighted by Gasteiger charge is -2.28. The van der Waals surface area contributed by atoms with Gasteiger partial charge in [0.2, 0.25) is 0 Å². The van der Waals surface area contributed by atoms with Gasteiger partial charge in [0.25, 0.3) is 5.91 Å². The number of sulfone groups is 1. The van der Waals surface area contributed by atoms with Gasteiger partial charge in [-0.15, -0.1) is 0 Å². The van der Waals surface area contributed by atoms with E-state index in [2.05, 4.69) is 0 Å². The summed E-state index contributed by atoms with van der Waals surface area (Å²) in [6.07, 6.45) is 2.36. The third-order valence-electron chi connectivity index (χ3n) is 5.22. The van der Waals surface area contributed by atoms with Gasteiger partial charge >= 0.3 is 0 Å². The third kappa shape index (κ3) is 4.33. The molecule has 28 heavy (non-hydrogen) atoms. The van der Waals surface area contributed by atoms with Crippen LogP contribution >= 0.6 is 11.6 Å². The second-order valence-corrected chi connectivity index (χ2v) is 10.0. The first-order valence-corrected chi connectivity index (χ1v) is 11.6. The second-order valence-electron chi connectivity index (χ2n) is 7.39. The zero-order valence-electron chi connectivity index (χ0n) is 15.4. The van der Waals surface area contributed by atoms with E-state index in [9.17, 15) is 13.2 Å². The molecule has 1 aliphatic heterocycles. The van der Waals surface area contributed by atoms with Gasteiger partial charge in [-0.05, 0) is 42.5 Å². The number of benzene rings is 2. The van der Waals surface area contributed by atoms with Crippen molar-refractivity contribution in [2.45, 2.75) is 31.3 Å². The summed E-state index contributed by atoms with van der Waals surface area (Å²) in [6, 6.07) is 15.3. The highest BCUT2D eigenvalue weighted by atomic mass is 35.5. The van der Waals surface area contributed by atoms with Gasteiger partial charge < -0.3 is 9.64 Å². The maximum atomic E-state index is 12.8.